The second kappa shape index (κ2) is 6.68. The van der Waals surface area contributed by atoms with E-state index in [4.69, 9.17) is 4.74 Å². The van der Waals surface area contributed by atoms with Crippen LogP contribution < -0.4 is 10.1 Å². The fourth-order valence-electron chi connectivity index (χ4n) is 2.34. The van der Waals surface area contributed by atoms with Crippen molar-refractivity contribution in [2.45, 2.75) is 19.9 Å². The summed E-state index contributed by atoms with van der Waals surface area (Å²) in [5.74, 6) is -0.320. The molecule has 112 valence electrons. The summed E-state index contributed by atoms with van der Waals surface area (Å²) in [6.07, 6.45) is 0. The van der Waals surface area contributed by atoms with Gasteiger partial charge in [-0.3, -0.25) is 0 Å². The third-order valence-corrected chi connectivity index (χ3v) is 3.39. The molecule has 0 radical (unpaired) electrons. The zero-order valence-corrected chi connectivity index (χ0v) is 12.4. The van der Waals surface area contributed by atoms with Crippen LogP contribution in [0.15, 0.2) is 36.4 Å². The molecule has 0 heterocycles. The molecule has 2 rings (SSSR count). The summed E-state index contributed by atoms with van der Waals surface area (Å²) < 4.78 is 33.4. The van der Waals surface area contributed by atoms with E-state index in [0.29, 0.717) is 23.4 Å². The minimum atomic E-state index is -0.527. The first-order chi connectivity index (χ1) is 10.1. The van der Waals surface area contributed by atoms with Crippen LogP contribution >= 0.6 is 0 Å². The first kappa shape index (κ1) is 15.4. The third-order valence-electron chi connectivity index (χ3n) is 3.39. The van der Waals surface area contributed by atoms with E-state index >= 15 is 0 Å². The predicted octanol–water partition coefficient (Wildman–Crippen LogP) is 3.98. The molecule has 0 saturated carbocycles. The van der Waals surface area contributed by atoms with Crippen molar-refractivity contribution >= 4 is 0 Å². The number of nitrogens with one attached hydrogen (secondary N) is 1. The van der Waals surface area contributed by atoms with E-state index < -0.39 is 11.9 Å². The van der Waals surface area contributed by atoms with Gasteiger partial charge in [0.15, 0.2) is 0 Å². The Labute approximate surface area is 123 Å². The molecule has 0 aliphatic heterocycles. The number of benzene rings is 2. The minimum Gasteiger partial charge on any atom is -0.497 e. The molecule has 0 aliphatic carbocycles. The molecule has 0 aromatic heterocycles. The molecule has 2 aromatic carbocycles. The van der Waals surface area contributed by atoms with Gasteiger partial charge in [0.2, 0.25) is 0 Å². The van der Waals surface area contributed by atoms with E-state index in [-0.39, 0.29) is 5.82 Å². The summed E-state index contributed by atoms with van der Waals surface area (Å²) in [5.41, 5.74) is 1.78. The Bertz CT molecular complexity index is 628. The van der Waals surface area contributed by atoms with Gasteiger partial charge in [-0.25, -0.2) is 8.78 Å². The van der Waals surface area contributed by atoms with E-state index in [1.54, 1.807) is 24.3 Å². The van der Waals surface area contributed by atoms with Crippen LogP contribution in [-0.2, 0) is 0 Å². The second-order valence-electron chi connectivity index (χ2n) is 4.90. The highest BCUT2D eigenvalue weighted by Crippen LogP contribution is 2.29. The second-order valence-corrected chi connectivity index (χ2v) is 4.90. The monoisotopic (exact) mass is 291 g/mol. The summed E-state index contributed by atoms with van der Waals surface area (Å²) >= 11 is 0. The summed E-state index contributed by atoms with van der Waals surface area (Å²) in [4.78, 5) is 0. The Morgan fingerprint density at radius 1 is 1.05 bits per heavy atom. The largest absolute Gasteiger partial charge is 0.497 e. The molecule has 21 heavy (non-hydrogen) atoms. The van der Waals surface area contributed by atoms with E-state index in [9.17, 15) is 8.78 Å². The van der Waals surface area contributed by atoms with Gasteiger partial charge in [-0.2, -0.15) is 0 Å². The zero-order chi connectivity index (χ0) is 15.4. The molecule has 0 aliphatic rings. The van der Waals surface area contributed by atoms with Gasteiger partial charge in [0.25, 0.3) is 0 Å². The predicted molar refractivity (Wildman–Crippen MR) is 79.6 cm³/mol. The minimum absolute atomic E-state index is 0.346. The van der Waals surface area contributed by atoms with Crippen molar-refractivity contribution < 1.29 is 13.5 Å². The van der Waals surface area contributed by atoms with Crippen LogP contribution in [0.4, 0.5) is 8.78 Å². The van der Waals surface area contributed by atoms with Crippen molar-refractivity contribution in [3.05, 3.63) is 64.7 Å². The molecule has 0 fully saturated rings. The SMILES string of the molecule is CCNC(c1ccc(OC)cc1F)c1cc(C)ccc1F. The molecule has 4 heteroatoms. The van der Waals surface area contributed by atoms with Crippen molar-refractivity contribution in [1.82, 2.24) is 5.32 Å². The molecule has 0 bridgehead atoms. The number of halogens is 2. The maximum absolute atomic E-state index is 14.3. The lowest BCUT2D eigenvalue weighted by molar-refractivity contribution is 0.410. The lowest BCUT2D eigenvalue weighted by atomic mass is 9.96. The number of aryl methyl sites for hydroxylation is 1. The molecule has 2 aromatic rings. The first-order valence-corrected chi connectivity index (χ1v) is 6.89. The first-order valence-electron chi connectivity index (χ1n) is 6.89. The number of rotatable bonds is 5. The highest BCUT2D eigenvalue weighted by atomic mass is 19.1. The van der Waals surface area contributed by atoms with Gasteiger partial charge in [0.05, 0.1) is 13.2 Å². The molecule has 1 N–H and O–H groups in total. The molecule has 1 unspecified atom stereocenters. The standard InChI is InChI=1S/C17H19F2NO/c1-4-20-17(14-9-11(2)5-8-15(14)18)13-7-6-12(21-3)10-16(13)19/h5-10,17,20H,4H2,1-3H3. The Morgan fingerprint density at radius 3 is 2.43 bits per heavy atom. The van der Waals surface area contributed by atoms with Crippen molar-refractivity contribution in [2.75, 3.05) is 13.7 Å². The highest BCUT2D eigenvalue weighted by molar-refractivity contribution is 5.38. The van der Waals surface area contributed by atoms with Crippen molar-refractivity contribution in [1.29, 1.82) is 0 Å². The number of hydrogen-bond acceptors (Lipinski definition) is 2. The van der Waals surface area contributed by atoms with Crippen LogP contribution in [0.1, 0.15) is 29.7 Å². The quantitative estimate of drug-likeness (QED) is 0.899. The molecule has 0 saturated heterocycles. The van der Waals surface area contributed by atoms with Gasteiger partial charge in [-0.1, -0.05) is 30.7 Å². The fraction of sp³-hybridized carbons (Fsp3) is 0.294. The summed E-state index contributed by atoms with van der Waals surface area (Å²) in [6.45, 7) is 4.39. The van der Waals surface area contributed by atoms with Gasteiger partial charge in [0, 0.05) is 17.2 Å². The Morgan fingerprint density at radius 2 is 1.81 bits per heavy atom. The van der Waals surface area contributed by atoms with Crippen LogP contribution in [0.3, 0.4) is 0 Å². The van der Waals surface area contributed by atoms with E-state index in [0.717, 1.165) is 5.56 Å². The van der Waals surface area contributed by atoms with Crippen LogP contribution in [-0.4, -0.2) is 13.7 Å². The number of hydrogen-bond donors (Lipinski definition) is 1. The Hall–Kier alpha value is -1.94. The number of methoxy groups -OCH3 is 1. The summed E-state index contributed by atoms with van der Waals surface area (Å²) in [5, 5.41) is 3.14. The van der Waals surface area contributed by atoms with Gasteiger partial charge >= 0.3 is 0 Å². The maximum Gasteiger partial charge on any atom is 0.132 e. The Kier molecular flexibility index (Phi) is 4.91. The molecule has 0 amide bonds. The lowest BCUT2D eigenvalue weighted by Crippen LogP contribution is -2.24. The molecule has 1 atom stereocenters. The van der Waals surface area contributed by atoms with E-state index in [1.807, 2.05) is 13.8 Å². The highest BCUT2D eigenvalue weighted by Gasteiger charge is 2.20. The third kappa shape index (κ3) is 3.39. The van der Waals surface area contributed by atoms with Gasteiger partial charge in [-0.05, 0) is 25.6 Å². The molecule has 2 nitrogen and oxygen atoms in total. The Balaban J connectivity index is 2.50. The average molecular weight is 291 g/mol. The normalized spacial score (nSPS) is 12.2. The summed E-state index contributed by atoms with van der Waals surface area (Å²) in [7, 11) is 1.48. The summed E-state index contributed by atoms with van der Waals surface area (Å²) in [6, 6.07) is 8.95. The zero-order valence-electron chi connectivity index (χ0n) is 12.4. The van der Waals surface area contributed by atoms with Gasteiger partial charge < -0.3 is 10.1 Å². The van der Waals surface area contributed by atoms with Gasteiger partial charge in [-0.15, -0.1) is 0 Å². The average Bonchev–Trinajstić information content (AvgIpc) is 2.48. The van der Waals surface area contributed by atoms with E-state index in [2.05, 4.69) is 5.32 Å². The van der Waals surface area contributed by atoms with Gasteiger partial charge in [0.1, 0.15) is 17.4 Å². The van der Waals surface area contributed by atoms with E-state index in [1.165, 1.54) is 19.2 Å². The topological polar surface area (TPSA) is 21.3 Å². The lowest BCUT2D eigenvalue weighted by Gasteiger charge is -2.21. The molecular weight excluding hydrogens is 272 g/mol. The number of ether oxygens (including phenoxy) is 1. The van der Waals surface area contributed by atoms with Crippen LogP contribution in [0.5, 0.6) is 5.75 Å². The molecule has 0 spiro atoms. The smallest absolute Gasteiger partial charge is 0.132 e. The maximum atomic E-state index is 14.3. The van der Waals surface area contributed by atoms with Crippen molar-refractivity contribution in [3.8, 4) is 5.75 Å². The van der Waals surface area contributed by atoms with Crippen LogP contribution in [0, 0.1) is 18.6 Å². The van der Waals surface area contributed by atoms with Crippen molar-refractivity contribution in [2.24, 2.45) is 0 Å². The van der Waals surface area contributed by atoms with Crippen LogP contribution in [0.2, 0.25) is 0 Å². The van der Waals surface area contributed by atoms with Crippen molar-refractivity contribution in [3.63, 3.8) is 0 Å². The fourth-order valence-corrected chi connectivity index (χ4v) is 2.34. The van der Waals surface area contributed by atoms with Crippen LogP contribution in [0.25, 0.3) is 0 Å². The molecular formula is C17H19F2NO.